The summed E-state index contributed by atoms with van der Waals surface area (Å²) in [6.45, 7) is 1.38. The molecule has 1 rings (SSSR count). The molecule has 0 aliphatic heterocycles. The monoisotopic (exact) mass is 606 g/mol. The lowest BCUT2D eigenvalue weighted by Crippen LogP contribution is -2.65. The minimum Gasteiger partial charge on any atom is -0.462 e. The predicted octanol–water partition coefficient (Wildman–Crippen LogP) is -2.18. The summed E-state index contributed by atoms with van der Waals surface area (Å²) in [6.07, 6.45) is -16.4. The molecule has 0 radical (unpaired) electrons. The standard InChI is InChI=1S/C15H29O19P3/c1-3-8(16)29-5-7(31-9(17)4-2)6-30-37(27,28)34-13-10(18)11(19)14(32-35(21,22)23)15(12(13)20)33-36(24,25)26/h7,10-15,18-20H,3-6H2,1-2H3,(H,27,28)(H2,21,22,23)(H2,24,25,26)/t7-,10-,11+,12+,13-,14-,15-/m1/s1. The maximum absolute atomic E-state index is 12.4. The summed E-state index contributed by atoms with van der Waals surface area (Å²) in [5.41, 5.74) is 0. The first kappa shape index (κ1) is 34.2. The van der Waals surface area contributed by atoms with Crippen molar-refractivity contribution in [1.82, 2.24) is 0 Å². The summed E-state index contributed by atoms with van der Waals surface area (Å²) in [5.74, 6) is -1.50. The summed E-state index contributed by atoms with van der Waals surface area (Å²) in [7, 11) is -16.4. The highest BCUT2D eigenvalue weighted by atomic mass is 31.2. The van der Waals surface area contributed by atoms with E-state index in [2.05, 4.69) is 18.1 Å². The topological polar surface area (TPSA) is 303 Å². The molecular weight excluding hydrogens is 577 g/mol. The van der Waals surface area contributed by atoms with Crippen molar-refractivity contribution < 1.29 is 90.6 Å². The SMILES string of the molecule is CCC(=O)OC[C@H](COP(=O)(O)O[C@@H]1[C@H](O)[C@H](O)[C@@H](OP(=O)(O)O)[C@H](OP(=O)(O)O)[C@H]1O)OC(=O)CC. The van der Waals surface area contributed by atoms with E-state index in [0.717, 1.165) is 0 Å². The number of ether oxygens (including phenoxy) is 2. The van der Waals surface area contributed by atoms with Crippen molar-refractivity contribution in [3.8, 4) is 0 Å². The van der Waals surface area contributed by atoms with E-state index in [4.69, 9.17) is 29.0 Å². The molecule has 19 nitrogen and oxygen atoms in total. The Labute approximate surface area is 209 Å². The molecule has 1 saturated carbocycles. The summed E-state index contributed by atoms with van der Waals surface area (Å²) in [4.78, 5) is 69.0. The second-order valence-corrected chi connectivity index (χ2v) is 11.2. The van der Waals surface area contributed by atoms with Gasteiger partial charge in [0.05, 0.1) is 6.61 Å². The van der Waals surface area contributed by atoms with Gasteiger partial charge in [0.2, 0.25) is 0 Å². The number of aliphatic hydroxyl groups excluding tert-OH is 3. The molecule has 1 fully saturated rings. The van der Waals surface area contributed by atoms with Crippen molar-refractivity contribution >= 4 is 35.4 Å². The Bertz CT molecular complexity index is 914. The van der Waals surface area contributed by atoms with Gasteiger partial charge >= 0.3 is 35.4 Å². The number of hydrogen-bond donors (Lipinski definition) is 8. The zero-order chi connectivity index (χ0) is 28.8. The Kier molecular flexibility index (Phi) is 12.9. The van der Waals surface area contributed by atoms with Gasteiger partial charge in [0.1, 0.15) is 43.2 Å². The predicted molar refractivity (Wildman–Crippen MR) is 114 cm³/mol. The lowest BCUT2D eigenvalue weighted by Gasteiger charge is -2.44. The van der Waals surface area contributed by atoms with Crippen LogP contribution in [0.2, 0.25) is 0 Å². The maximum Gasteiger partial charge on any atom is 0.472 e. The first-order valence-electron chi connectivity index (χ1n) is 10.3. The first-order chi connectivity index (χ1) is 16.8. The summed E-state index contributed by atoms with van der Waals surface area (Å²) in [5, 5.41) is 30.8. The van der Waals surface area contributed by atoms with Gasteiger partial charge in [0.15, 0.2) is 6.10 Å². The van der Waals surface area contributed by atoms with E-state index in [1.54, 1.807) is 0 Å². The summed E-state index contributed by atoms with van der Waals surface area (Å²) >= 11 is 0. The first-order valence-corrected chi connectivity index (χ1v) is 14.9. The van der Waals surface area contributed by atoms with Crippen LogP contribution in [0.4, 0.5) is 0 Å². The minimum absolute atomic E-state index is 0.0404. The quantitative estimate of drug-likeness (QED) is 0.0769. The molecule has 1 unspecified atom stereocenters. The van der Waals surface area contributed by atoms with Crippen molar-refractivity contribution in [2.75, 3.05) is 13.2 Å². The van der Waals surface area contributed by atoms with E-state index >= 15 is 0 Å². The molecule has 0 saturated heterocycles. The molecule has 8 atom stereocenters. The van der Waals surface area contributed by atoms with Crippen LogP contribution in [0.25, 0.3) is 0 Å². The third-order valence-corrected chi connectivity index (χ3v) is 6.54. The van der Waals surface area contributed by atoms with Gasteiger partial charge in [-0.25, -0.2) is 13.7 Å². The number of carbonyl (C=O) groups excluding carboxylic acids is 2. The second kappa shape index (κ2) is 14.0. The van der Waals surface area contributed by atoms with Gasteiger partial charge in [-0.05, 0) is 0 Å². The minimum atomic E-state index is -5.55. The van der Waals surface area contributed by atoms with Crippen LogP contribution < -0.4 is 0 Å². The van der Waals surface area contributed by atoms with E-state index in [-0.39, 0.29) is 12.8 Å². The van der Waals surface area contributed by atoms with Crippen LogP contribution in [0.15, 0.2) is 0 Å². The Morgan fingerprint density at radius 1 is 0.703 bits per heavy atom. The normalized spacial score (nSPS) is 29.2. The summed E-state index contributed by atoms with van der Waals surface area (Å²) in [6, 6.07) is 0. The number of rotatable bonds is 14. The molecule has 0 aromatic heterocycles. The van der Waals surface area contributed by atoms with Crippen LogP contribution in [0.1, 0.15) is 26.7 Å². The van der Waals surface area contributed by atoms with Crippen molar-refractivity contribution in [3.05, 3.63) is 0 Å². The van der Waals surface area contributed by atoms with Gasteiger partial charge < -0.3 is 49.3 Å². The fourth-order valence-electron chi connectivity index (χ4n) is 2.89. The molecule has 0 amide bonds. The van der Waals surface area contributed by atoms with Crippen LogP contribution in [-0.2, 0) is 50.9 Å². The molecule has 218 valence electrons. The third kappa shape index (κ3) is 11.8. The lowest BCUT2D eigenvalue weighted by molar-refractivity contribution is -0.213. The number of aliphatic hydroxyl groups is 3. The third-order valence-electron chi connectivity index (χ3n) is 4.52. The van der Waals surface area contributed by atoms with Crippen molar-refractivity contribution in [1.29, 1.82) is 0 Å². The number of phosphoric ester groups is 3. The highest BCUT2D eigenvalue weighted by Gasteiger charge is 2.56. The Balaban J connectivity index is 3.07. The van der Waals surface area contributed by atoms with E-state index < -0.39 is 91.3 Å². The van der Waals surface area contributed by atoms with Gasteiger partial charge in [-0.1, -0.05) is 13.8 Å². The van der Waals surface area contributed by atoms with Crippen molar-refractivity contribution in [2.24, 2.45) is 0 Å². The molecule has 1 aliphatic carbocycles. The second-order valence-electron chi connectivity index (χ2n) is 7.43. The van der Waals surface area contributed by atoms with E-state index in [1.165, 1.54) is 13.8 Å². The smallest absolute Gasteiger partial charge is 0.462 e. The van der Waals surface area contributed by atoms with E-state index in [0.29, 0.717) is 0 Å². The number of phosphoric acid groups is 3. The molecule has 8 N–H and O–H groups in total. The highest BCUT2D eigenvalue weighted by Crippen LogP contribution is 2.51. The largest absolute Gasteiger partial charge is 0.472 e. The van der Waals surface area contributed by atoms with Gasteiger partial charge in [-0.15, -0.1) is 0 Å². The molecule has 0 aromatic rings. The van der Waals surface area contributed by atoms with Crippen LogP contribution in [0.3, 0.4) is 0 Å². The van der Waals surface area contributed by atoms with E-state index in [1.807, 2.05) is 0 Å². The molecule has 0 spiro atoms. The molecular formula is C15H29O19P3. The molecule has 0 bridgehead atoms. The molecule has 1 aliphatic rings. The zero-order valence-corrected chi connectivity index (χ0v) is 22.0. The molecule has 37 heavy (non-hydrogen) atoms. The fourth-order valence-corrected chi connectivity index (χ4v) is 4.98. The van der Waals surface area contributed by atoms with E-state index in [9.17, 15) is 43.5 Å². The zero-order valence-electron chi connectivity index (χ0n) is 19.3. The van der Waals surface area contributed by atoms with Gasteiger partial charge in [-0.2, -0.15) is 0 Å². The van der Waals surface area contributed by atoms with Gasteiger partial charge in [-0.3, -0.25) is 27.7 Å². The van der Waals surface area contributed by atoms with Crippen LogP contribution in [-0.4, -0.2) is 108 Å². The Morgan fingerprint density at radius 2 is 1.16 bits per heavy atom. The van der Waals surface area contributed by atoms with Gasteiger partial charge in [0.25, 0.3) is 0 Å². The highest BCUT2D eigenvalue weighted by molar-refractivity contribution is 7.47. The average molecular weight is 606 g/mol. The summed E-state index contributed by atoms with van der Waals surface area (Å²) < 4.78 is 62.3. The van der Waals surface area contributed by atoms with Gasteiger partial charge in [0, 0.05) is 12.8 Å². The lowest BCUT2D eigenvalue weighted by atomic mass is 9.85. The average Bonchev–Trinajstić information content (AvgIpc) is 2.77. The van der Waals surface area contributed by atoms with Crippen LogP contribution in [0, 0.1) is 0 Å². The Morgan fingerprint density at radius 3 is 1.62 bits per heavy atom. The fraction of sp³-hybridized carbons (Fsp3) is 0.867. The van der Waals surface area contributed by atoms with Crippen LogP contribution >= 0.6 is 23.5 Å². The van der Waals surface area contributed by atoms with Crippen LogP contribution in [0.5, 0.6) is 0 Å². The Hall–Kier alpha value is -0.850. The van der Waals surface area contributed by atoms with Crippen molar-refractivity contribution in [3.63, 3.8) is 0 Å². The van der Waals surface area contributed by atoms with Crippen molar-refractivity contribution in [2.45, 2.75) is 69.4 Å². The molecule has 0 heterocycles. The molecule has 22 heteroatoms. The maximum atomic E-state index is 12.4. The number of hydrogen-bond acceptors (Lipinski definition) is 14. The number of carbonyl (C=O) groups is 2. The number of esters is 2. The molecule has 0 aromatic carbocycles.